The van der Waals surface area contributed by atoms with Crippen LogP contribution in [0.3, 0.4) is 0 Å². The Hall–Kier alpha value is -1.04. The molecule has 1 aliphatic rings. The Kier molecular flexibility index (Phi) is 3.77. The fourth-order valence-electron chi connectivity index (χ4n) is 2.34. The Bertz CT molecular complexity index is 558. The Balaban J connectivity index is 1.81. The van der Waals surface area contributed by atoms with Crippen LogP contribution in [0.4, 0.5) is 0 Å². The minimum absolute atomic E-state index is 0.141. The lowest BCUT2D eigenvalue weighted by atomic mass is 10.0. The molecule has 4 nitrogen and oxygen atoms in total. The number of nitrogens with one attached hydrogen (secondary N) is 2. The minimum Gasteiger partial charge on any atom is -0.301 e. The van der Waals surface area contributed by atoms with Gasteiger partial charge in [-0.15, -0.1) is 11.8 Å². The molecule has 0 saturated heterocycles. The zero-order chi connectivity index (χ0) is 13.2. The van der Waals surface area contributed by atoms with E-state index < -0.39 is 0 Å². The van der Waals surface area contributed by atoms with Crippen molar-refractivity contribution in [2.75, 3.05) is 5.75 Å². The number of fused-ring (bicyclic) bond motifs is 1. The average molecular weight is 295 g/mol. The number of aromatic nitrogens is 3. The van der Waals surface area contributed by atoms with E-state index in [1.165, 1.54) is 16.8 Å². The second kappa shape index (κ2) is 5.53. The fraction of sp³-hybridized carbons (Fsp3) is 0.385. The average Bonchev–Trinajstić information content (AvgIpc) is 2.93. The van der Waals surface area contributed by atoms with Crippen molar-refractivity contribution in [3.63, 3.8) is 0 Å². The number of thioether (sulfide) groups is 1. The molecule has 1 aromatic heterocycles. The normalized spacial score (nSPS) is 20.0. The molecule has 100 valence electrons. The standard InChI is InChI=1S/C13H15ClN4S/c1-8(13-15-7-16-18-13)17-11-4-5-19-12-3-2-9(14)6-10(11)12/h2-3,6-8,11,17H,4-5H2,1H3,(H,15,16,18). The molecule has 0 saturated carbocycles. The molecule has 6 heteroatoms. The molecule has 3 rings (SSSR count). The summed E-state index contributed by atoms with van der Waals surface area (Å²) >= 11 is 8.00. The second-order valence-electron chi connectivity index (χ2n) is 4.63. The van der Waals surface area contributed by atoms with Crippen molar-refractivity contribution in [3.05, 3.63) is 40.9 Å². The van der Waals surface area contributed by atoms with Crippen molar-refractivity contribution in [2.24, 2.45) is 0 Å². The van der Waals surface area contributed by atoms with Gasteiger partial charge in [-0.05, 0) is 42.9 Å². The molecule has 0 bridgehead atoms. The van der Waals surface area contributed by atoms with E-state index in [1.807, 2.05) is 17.8 Å². The molecule has 2 atom stereocenters. The third-order valence-corrected chi connectivity index (χ3v) is 4.66. The van der Waals surface area contributed by atoms with Crippen LogP contribution in [0, 0.1) is 0 Å². The van der Waals surface area contributed by atoms with E-state index in [2.05, 4.69) is 39.6 Å². The molecule has 1 aromatic carbocycles. The monoisotopic (exact) mass is 294 g/mol. The molecule has 2 heterocycles. The van der Waals surface area contributed by atoms with Crippen molar-refractivity contribution >= 4 is 23.4 Å². The summed E-state index contributed by atoms with van der Waals surface area (Å²) in [7, 11) is 0. The van der Waals surface area contributed by atoms with Gasteiger partial charge in [-0.25, -0.2) is 4.98 Å². The summed E-state index contributed by atoms with van der Waals surface area (Å²) in [6, 6.07) is 6.58. The van der Waals surface area contributed by atoms with Crippen molar-refractivity contribution in [1.29, 1.82) is 0 Å². The molecule has 0 radical (unpaired) electrons. The summed E-state index contributed by atoms with van der Waals surface area (Å²) in [6.07, 6.45) is 2.63. The van der Waals surface area contributed by atoms with Gasteiger partial charge in [0.2, 0.25) is 0 Å². The van der Waals surface area contributed by atoms with E-state index in [4.69, 9.17) is 11.6 Å². The third-order valence-electron chi connectivity index (χ3n) is 3.31. The smallest absolute Gasteiger partial charge is 0.141 e. The van der Waals surface area contributed by atoms with Gasteiger partial charge in [0.05, 0.1) is 6.04 Å². The third kappa shape index (κ3) is 2.78. The molecule has 0 spiro atoms. The highest BCUT2D eigenvalue weighted by atomic mass is 35.5. The predicted molar refractivity (Wildman–Crippen MR) is 77.5 cm³/mol. The van der Waals surface area contributed by atoms with Crippen LogP contribution < -0.4 is 5.32 Å². The number of hydrogen-bond acceptors (Lipinski definition) is 4. The zero-order valence-corrected chi connectivity index (χ0v) is 12.1. The van der Waals surface area contributed by atoms with E-state index in [9.17, 15) is 0 Å². The molecular weight excluding hydrogens is 280 g/mol. The fourth-order valence-corrected chi connectivity index (χ4v) is 3.63. The molecule has 2 aromatic rings. The molecular formula is C13H15ClN4S. The van der Waals surface area contributed by atoms with Crippen molar-refractivity contribution in [3.8, 4) is 0 Å². The van der Waals surface area contributed by atoms with Gasteiger partial charge in [0.25, 0.3) is 0 Å². The van der Waals surface area contributed by atoms with E-state index in [0.29, 0.717) is 6.04 Å². The molecule has 0 fully saturated rings. The van der Waals surface area contributed by atoms with Gasteiger partial charge < -0.3 is 5.32 Å². The number of hydrogen-bond donors (Lipinski definition) is 2. The first-order valence-corrected chi connectivity index (χ1v) is 7.64. The molecule has 19 heavy (non-hydrogen) atoms. The van der Waals surface area contributed by atoms with E-state index >= 15 is 0 Å². The van der Waals surface area contributed by atoms with Crippen molar-refractivity contribution in [2.45, 2.75) is 30.3 Å². The molecule has 2 unspecified atom stereocenters. The van der Waals surface area contributed by atoms with Gasteiger partial charge in [-0.3, -0.25) is 5.10 Å². The van der Waals surface area contributed by atoms with E-state index in [-0.39, 0.29) is 6.04 Å². The highest BCUT2D eigenvalue weighted by molar-refractivity contribution is 7.99. The number of aromatic amines is 1. The number of nitrogens with zero attached hydrogens (tertiary/aromatic N) is 2. The van der Waals surface area contributed by atoms with Gasteiger partial charge >= 0.3 is 0 Å². The van der Waals surface area contributed by atoms with Crippen LogP contribution >= 0.6 is 23.4 Å². The van der Waals surface area contributed by atoms with Gasteiger partial charge in [0, 0.05) is 16.0 Å². The maximum atomic E-state index is 6.11. The largest absolute Gasteiger partial charge is 0.301 e. The van der Waals surface area contributed by atoms with Crippen molar-refractivity contribution < 1.29 is 0 Å². The summed E-state index contributed by atoms with van der Waals surface area (Å²) in [6.45, 7) is 2.09. The molecule has 0 amide bonds. The Morgan fingerprint density at radius 3 is 3.21 bits per heavy atom. The molecule has 1 aliphatic heterocycles. The van der Waals surface area contributed by atoms with Crippen LogP contribution in [-0.4, -0.2) is 20.9 Å². The Morgan fingerprint density at radius 2 is 2.42 bits per heavy atom. The van der Waals surface area contributed by atoms with Gasteiger partial charge in [0.15, 0.2) is 0 Å². The predicted octanol–water partition coefficient (Wildman–Crippen LogP) is 3.35. The second-order valence-corrected chi connectivity index (χ2v) is 6.20. The topological polar surface area (TPSA) is 53.6 Å². The quantitative estimate of drug-likeness (QED) is 0.911. The van der Waals surface area contributed by atoms with Gasteiger partial charge in [-0.2, -0.15) is 5.10 Å². The zero-order valence-electron chi connectivity index (χ0n) is 10.6. The van der Waals surface area contributed by atoms with Crippen molar-refractivity contribution in [1.82, 2.24) is 20.5 Å². The first-order valence-electron chi connectivity index (χ1n) is 6.27. The number of halogens is 1. The van der Waals surface area contributed by atoms with Crippen LogP contribution in [0.15, 0.2) is 29.4 Å². The van der Waals surface area contributed by atoms with Crippen LogP contribution in [0.1, 0.15) is 36.8 Å². The SMILES string of the molecule is CC(NC1CCSc2ccc(Cl)cc21)c1ncn[nH]1. The summed E-state index contributed by atoms with van der Waals surface area (Å²) < 4.78 is 0. The first-order chi connectivity index (χ1) is 9.24. The lowest BCUT2D eigenvalue weighted by Crippen LogP contribution is -2.28. The van der Waals surface area contributed by atoms with Crippen LogP contribution in [0.5, 0.6) is 0 Å². The minimum atomic E-state index is 0.141. The number of rotatable bonds is 3. The van der Waals surface area contributed by atoms with Crippen LogP contribution in [0.2, 0.25) is 5.02 Å². The maximum absolute atomic E-state index is 6.11. The number of H-pyrrole nitrogens is 1. The number of benzene rings is 1. The van der Waals surface area contributed by atoms with Gasteiger partial charge in [0.1, 0.15) is 12.2 Å². The Morgan fingerprint density at radius 1 is 1.53 bits per heavy atom. The first kappa shape index (κ1) is 13.0. The highest BCUT2D eigenvalue weighted by Gasteiger charge is 2.23. The van der Waals surface area contributed by atoms with Crippen LogP contribution in [-0.2, 0) is 0 Å². The molecule has 0 aliphatic carbocycles. The van der Waals surface area contributed by atoms with Crippen LogP contribution in [0.25, 0.3) is 0 Å². The maximum Gasteiger partial charge on any atom is 0.141 e. The van der Waals surface area contributed by atoms with E-state index in [1.54, 1.807) is 0 Å². The summed E-state index contributed by atoms with van der Waals surface area (Å²) in [5, 5.41) is 11.2. The van der Waals surface area contributed by atoms with E-state index in [0.717, 1.165) is 23.0 Å². The highest BCUT2D eigenvalue weighted by Crippen LogP contribution is 2.38. The van der Waals surface area contributed by atoms with Gasteiger partial charge in [-0.1, -0.05) is 11.6 Å². The lowest BCUT2D eigenvalue weighted by Gasteiger charge is -2.28. The lowest BCUT2D eigenvalue weighted by molar-refractivity contribution is 0.437. The molecule has 2 N–H and O–H groups in total. The summed E-state index contributed by atoms with van der Waals surface area (Å²) in [5.41, 5.74) is 1.29. The summed E-state index contributed by atoms with van der Waals surface area (Å²) in [5.74, 6) is 1.98. The summed E-state index contributed by atoms with van der Waals surface area (Å²) in [4.78, 5) is 5.51. The Labute approximate surface area is 121 Å².